The molecule has 3 aromatic rings. The highest BCUT2D eigenvalue weighted by molar-refractivity contribution is 6.01. The first kappa shape index (κ1) is 20.9. The predicted molar refractivity (Wildman–Crippen MR) is 116 cm³/mol. The molecule has 2 aromatic heterocycles. The maximum absolute atomic E-state index is 11.9. The Bertz CT molecular complexity index is 1130. The second-order valence-electron chi connectivity index (χ2n) is 7.73. The number of aromatic nitrogens is 2. The second-order valence-corrected chi connectivity index (χ2v) is 7.73. The van der Waals surface area contributed by atoms with Gasteiger partial charge in [0.15, 0.2) is 0 Å². The van der Waals surface area contributed by atoms with Crippen LogP contribution >= 0.6 is 0 Å². The van der Waals surface area contributed by atoms with Crippen LogP contribution in [0.5, 0.6) is 5.75 Å². The van der Waals surface area contributed by atoms with Gasteiger partial charge < -0.3 is 19.8 Å². The molecule has 0 atom stereocenters. The van der Waals surface area contributed by atoms with Crippen LogP contribution in [-0.4, -0.2) is 28.8 Å². The van der Waals surface area contributed by atoms with Gasteiger partial charge in [0, 0.05) is 47.2 Å². The highest BCUT2D eigenvalue weighted by Crippen LogP contribution is 2.29. The summed E-state index contributed by atoms with van der Waals surface area (Å²) in [7, 11) is 1.58. The lowest BCUT2D eigenvalue weighted by Gasteiger charge is -2.19. The zero-order chi connectivity index (χ0) is 21.7. The van der Waals surface area contributed by atoms with Gasteiger partial charge in [-0.2, -0.15) is 5.26 Å². The highest BCUT2D eigenvalue weighted by atomic mass is 16.6. The predicted octanol–water partition coefficient (Wildman–Crippen LogP) is 4.66. The Balaban J connectivity index is 1.89. The van der Waals surface area contributed by atoms with E-state index >= 15 is 0 Å². The minimum atomic E-state index is -0.554. The summed E-state index contributed by atoms with van der Waals surface area (Å²) in [4.78, 5) is 19.2. The SMILES string of the molecule is COc1ccncc1/C=C(\C#N)c1c[nH]c2ccc(CNC(=O)OC(C)(C)C)cc12. The van der Waals surface area contributed by atoms with Crippen molar-refractivity contribution in [1.82, 2.24) is 15.3 Å². The van der Waals surface area contributed by atoms with E-state index < -0.39 is 11.7 Å². The van der Waals surface area contributed by atoms with Crippen LogP contribution in [0.25, 0.3) is 22.6 Å². The molecule has 1 aromatic carbocycles. The monoisotopic (exact) mass is 404 g/mol. The lowest BCUT2D eigenvalue weighted by molar-refractivity contribution is 0.0523. The first-order valence-corrected chi connectivity index (χ1v) is 9.48. The number of H-pyrrole nitrogens is 1. The summed E-state index contributed by atoms with van der Waals surface area (Å²) in [6, 6.07) is 9.79. The van der Waals surface area contributed by atoms with Gasteiger partial charge in [0.25, 0.3) is 0 Å². The summed E-state index contributed by atoms with van der Waals surface area (Å²) in [5, 5.41) is 13.4. The minimum absolute atomic E-state index is 0.317. The van der Waals surface area contributed by atoms with Crippen LogP contribution < -0.4 is 10.1 Å². The van der Waals surface area contributed by atoms with Gasteiger partial charge in [-0.15, -0.1) is 0 Å². The molecule has 2 N–H and O–H groups in total. The van der Waals surface area contributed by atoms with E-state index in [1.165, 1.54) is 0 Å². The molecule has 0 fully saturated rings. The summed E-state index contributed by atoms with van der Waals surface area (Å²) in [6.07, 6.45) is 6.37. The van der Waals surface area contributed by atoms with Crippen molar-refractivity contribution in [2.24, 2.45) is 0 Å². The smallest absolute Gasteiger partial charge is 0.407 e. The quantitative estimate of drug-likeness (QED) is 0.603. The number of ether oxygens (including phenoxy) is 2. The minimum Gasteiger partial charge on any atom is -0.496 e. The number of alkyl carbamates (subject to hydrolysis) is 1. The number of aromatic amines is 1. The van der Waals surface area contributed by atoms with Gasteiger partial charge in [0.2, 0.25) is 0 Å². The molecule has 0 aliphatic carbocycles. The van der Waals surface area contributed by atoms with Gasteiger partial charge >= 0.3 is 6.09 Å². The van der Waals surface area contributed by atoms with Gasteiger partial charge in [-0.05, 0) is 50.6 Å². The fourth-order valence-electron chi connectivity index (χ4n) is 3.00. The van der Waals surface area contributed by atoms with Crippen LogP contribution in [0.15, 0.2) is 42.9 Å². The summed E-state index contributed by atoms with van der Waals surface area (Å²) in [5.74, 6) is 0.639. The van der Waals surface area contributed by atoms with E-state index in [1.807, 2.05) is 39.0 Å². The number of nitriles is 1. The largest absolute Gasteiger partial charge is 0.496 e. The highest BCUT2D eigenvalue weighted by Gasteiger charge is 2.16. The molecule has 0 aliphatic rings. The van der Waals surface area contributed by atoms with Crippen LogP contribution in [0.2, 0.25) is 0 Å². The van der Waals surface area contributed by atoms with Gasteiger partial charge in [0.05, 0.1) is 18.8 Å². The number of carbonyl (C=O) groups excluding carboxylic acids is 1. The third-order valence-corrected chi connectivity index (χ3v) is 4.32. The van der Waals surface area contributed by atoms with E-state index in [-0.39, 0.29) is 0 Å². The maximum Gasteiger partial charge on any atom is 0.407 e. The van der Waals surface area contributed by atoms with Crippen molar-refractivity contribution in [2.45, 2.75) is 32.9 Å². The van der Waals surface area contributed by atoms with Crippen LogP contribution in [0.4, 0.5) is 4.79 Å². The number of allylic oxidation sites excluding steroid dienone is 1. The molecule has 30 heavy (non-hydrogen) atoms. The molecule has 0 saturated heterocycles. The molecule has 7 heteroatoms. The lowest BCUT2D eigenvalue weighted by Crippen LogP contribution is -2.32. The number of hydrogen-bond donors (Lipinski definition) is 2. The third-order valence-electron chi connectivity index (χ3n) is 4.32. The number of hydrogen-bond acceptors (Lipinski definition) is 5. The van der Waals surface area contributed by atoms with E-state index in [0.717, 1.165) is 22.0 Å². The molecule has 1 amide bonds. The Morgan fingerprint density at radius 1 is 1.33 bits per heavy atom. The maximum atomic E-state index is 11.9. The fourth-order valence-corrected chi connectivity index (χ4v) is 3.00. The zero-order valence-electron chi connectivity index (χ0n) is 17.4. The second kappa shape index (κ2) is 8.70. The summed E-state index contributed by atoms with van der Waals surface area (Å²) < 4.78 is 10.6. The van der Waals surface area contributed by atoms with Gasteiger partial charge in [-0.25, -0.2) is 4.79 Å². The van der Waals surface area contributed by atoms with E-state index in [2.05, 4.69) is 21.4 Å². The zero-order valence-corrected chi connectivity index (χ0v) is 17.4. The van der Waals surface area contributed by atoms with Crippen molar-refractivity contribution in [2.75, 3.05) is 7.11 Å². The normalized spacial score (nSPS) is 11.8. The standard InChI is InChI=1S/C23H24N4O3/c1-23(2,3)30-22(28)27-12-15-5-6-20-18(9-15)19(14-26-20)16(11-24)10-17-13-25-8-7-21(17)29-4/h5-10,13-14,26H,12H2,1-4H3,(H,27,28)/b16-10+. The van der Waals surface area contributed by atoms with Crippen LogP contribution in [0, 0.1) is 11.3 Å². The molecule has 0 unspecified atom stereocenters. The van der Waals surface area contributed by atoms with Crippen molar-refractivity contribution in [3.8, 4) is 11.8 Å². The van der Waals surface area contributed by atoms with Crippen molar-refractivity contribution in [3.05, 3.63) is 59.5 Å². The number of nitrogens with zero attached hydrogens (tertiary/aromatic N) is 2. The average molecular weight is 404 g/mol. The Morgan fingerprint density at radius 3 is 2.83 bits per heavy atom. The molecule has 2 heterocycles. The molecule has 0 radical (unpaired) electrons. The van der Waals surface area contributed by atoms with Crippen molar-refractivity contribution in [3.63, 3.8) is 0 Å². The van der Waals surface area contributed by atoms with Crippen LogP contribution in [0.3, 0.4) is 0 Å². The molecule has 3 rings (SSSR count). The molecular weight excluding hydrogens is 380 g/mol. The average Bonchev–Trinajstić information content (AvgIpc) is 3.12. The molecule has 0 bridgehead atoms. The number of amides is 1. The van der Waals surface area contributed by atoms with Gasteiger partial charge in [-0.3, -0.25) is 4.98 Å². The summed E-state index contributed by atoms with van der Waals surface area (Å²) in [5.41, 5.74) is 3.19. The Kier molecular flexibility index (Phi) is 6.07. The van der Waals surface area contributed by atoms with Gasteiger partial charge in [-0.1, -0.05) is 6.07 Å². The molecule has 0 aliphatic heterocycles. The van der Waals surface area contributed by atoms with E-state index in [4.69, 9.17) is 9.47 Å². The Labute approximate surface area is 175 Å². The first-order valence-electron chi connectivity index (χ1n) is 9.48. The van der Waals surface area contributed by atoms with E-state index in [9.17, 15) is 10.1 Å². The molecular formula is C23H24N4O3. The number of benzene rings is 1. The molecule has 0 saturated carbocycles. The number of fused-ring (bicyclic) bond motifs is 1. The first-order chi connectivity index (χ1) is 14.3. The van der Waals surface area contributed by atoms with E-state index in [0.29, 0.717) is 23.4 Å². The molecule has 154 valence electrons. The third kappa shape index (κ3) is 4.97. The fraction of sp³-hybridized carbons (Fsp3) is 0.261. The topological polar surface area (TPSA) is 100 Å². The number of methoxy groups -OCH3 is 1. The number of rotatable bonds is 5. The molecule has 0 spiro atoms. The summed E-state index contributed by atoms with van der Waals surface area (Å²) in [6.45, 7) is 5.77. The van der Waals surface area contributed by atoms with Crippen LogP contribution in [-0.2, 0) is 11.3 Å². The summed E-state index contributed by atoms with van der Waals surface area (Å²) >= 11 is 0. The Hall–Kier alpha value is -3.79. The Morgan fingerprint density at radius 2 is 2.13 bits per heavy atom. The number of nitrogens with one attached hydrogen (secondary N) is 2. The van der Waals surface area contributed by atoms with Crippen molar-refractivity contribution >= 4 is 28.6 Å². The lowest BCUT2D eigenvalue weighted by atomic mass is 10.0. The van der Waals surface area contributed by atoms with Crippen molar-refractivity contribution < 1.29 is 14.3 Å². The van der Waals surface area contributed by atoms with Crippen molar-refractivity contribution in [1.29, 1.82) is 5.26 Å². The van der Waals surface area contributed by atoms with E-state index in [1.54, 1.807) is 37.8 Å². The molecule has 7 nitrogen and oxygen atoms in total. The van der Waals surface area contributed by atoms with Crippen LogP contribution in [0.1, 0.15) is 37.5 Å². The number of pyridine rings is 1. The van der Waals surface area contributed by atoms with Gasteiger partial charge in [0.1, 0.15) is 11.4 Å². The number of carbonyl (C=O) groups is 1.